The molecule has 2 aliphatic heterocycles. The maximum Gasteiger partial charge on any atom is 0.234 e. The molecule has 174 valence electrons. The van der Waals surface area contributed by atoms with Gasteiger partial charge in [-0.05, 0) is 42.1 Å². The molecular weight excluding hydrogens is 430 g/mol. The van der Waals surface area contributed by atoms with E-state index in [9.17, 15) is 19.2 Å². The number of allylic oxidation sites excluding steroid dienone is 4. The Bertz CT molecular complexity index is 1030. The molecule has 34 heavy (non-hydrogen) atoms. The molecule has 0 N–H and O–H groups in total. The predicted molar refractivity (Wildman–Crippen MR) is 121 cm³/mol. The molecule has 0 unspecified atom stereocenters. The van der Waals surface area contributed by atoms with Crippen LogP contribution in [0.5, 0.6) is 0 Å². The fourth-order valence-corrected chi connectivity index (χ4v) is 7.59. The average molecular weight is 458 g/mol. The van der Waals surface area contributed by atoms with Crippen LogP contribution in [0.3, 0.4) is 0 Å². The number of fused-ring (bicyclic) bond motifs is 10. The van der Waals surface area contributed by atoms with E-state index in [1.54, 1.807) is 0 Å². The lowest BCUT2D eigenvalue weighted by Gasteiger charge is -2.31. The van der Waals surface area contributed by atoms with Gasteiger partial charge < -0.3 is 0 Å². The fraction of sp³-hybridized carbons (Fsp3) is 0.481. The number of likely N-dealkylation sites (tertiary alicyclic amines) is 2. The first-order valence-corrected chi connectivity index (χ1v) is 12.3. The van der Waals surface area contributed by atoms with E-state index in [-0.39, 0.29) is 84.3 Å². The van der Waals surface area contributed by atoms with Gasteiger partial charge in [0.1, 0.15) is 0 Å². The molecule has 0 spiro atoms. The molecule has 4 amide bonds. The summed E-state index contributed by atoms with van der Waals surface area (Å²) in [5.74, 6) is -0.821. The van der Waals surface area contributed by atoms with Crippen LogP contribution in [-0.2, 0) is 25.7 Å². The van der Waals surface area contributed by atoms with Crippen molar-refractivity contribution in [1.82, 2.24) is 14.7 Å². The molecule has 6 aliphatic rings. The standard InChI is InChI=1S/C27H27N3O4/c31-24-20-16-6-7-17(10-16)21(20)25(32)29(24)13-28(12-15-4-2-1-3-5-15)14-30-26(33)22-18-8-9-19(11-18)23(22)27(30)34/h1-9,16-23H,10-14H2/t16-,17-,18-,19-,20-,21+,22-,23+/m0/s1. The number of benzene rings is 1. The molecule has 4 aliphatic carbocycles. The maximum atomic E-state index is 13.3. The summed E-state index contributed by atoms with van der Waals surface area (Å²) in [6.07, 6.45) is 10.1. The van der Waals surface area contributed by atoms with E-state index in [4.69, 9.17) is 0 Å². The first-order chi connectivity index (χ1) is 16.5. The van der Waals surface area contributed by atoms with Crippen molar-refractivity contribution in [1.29, 1.82) is 0 Å². The van der Waals surface area contributed by atoms with Crippen LogP contribution in [-0.4, -0.2) is 51.7 Å². The highest BCUT2D eigenvalue weighted by Gasteiger charge is 2.61. The number of hydrogen-bond acceptors (Lipinski definition) is 5. The number of imide groups is 2. The van der Waals surface area contributed by atoms with E-state index >= 15 is 0 Å². The summed E-state index contributed by atoms with van der Waals surface area (Å²) < 4.78 is 0. The van der Waals surface area contributed by atoms with Crippen LogP contribution in [0.1, 0.15) is 18.4 Å². The normalized spacial score (nSPS) is 38.9. The molecule has 0 radical (unpaired) electrons. The number of nitrogens with zero attached hydrogens (tertiary/aromatic N) is 3. The van der Waals surface area contributed by atoms with Gasteiger partial charge in [-0.2, -0.15) is 0 Å². The third-order valence-corrected chi connectivity index (χ3v) is 9.06. The van der Waals surface area contributed by atoms with Crippen LogP contribution in [0.4, 0.5) is 0 Å². The quantitative estimate of drug-likeness (QED) is 0.483. The average Bonchev–Trinajstić information content (AvgIpc) is 3.68. The molecule has 2 saturated carbocycles. The Morgan fingerprint density at radius 3 is 1.38 bits per heavy atom. The molecule has 4 fully saturated rings. The minimum Gasteiger partial charge on any atom is -0.274 e. The summed E-state index contributed by atoms with van der Waals surface area (Å²) in [5, 5.41) is 0. The Morgan fingerprint density at radius 1 is 0.618 bits per heavy atom. The summed E-state index contributed by atoms with van der Waals surface area (Å²) in [6.45, 7) is 0.628. The monoisotopic (exact) mass is 457 g/mol. The zero-order chi connectivity index (χ0) is 23.1. The lowest BCUT2D eigenvalue weighted by atomic mass is 9.85. The van der Waals surface area contributed by atoms with Crippen molar-refractivity contribution >= 4 is 23.6 Å². The lowest BCUT2D eigenvalue weighted by Crippen LogP contribution is -2.48. The first kappa shape index (κ1) is 20.3. The van der Waals surface area contributed by atoms with Crippen molar-refractivity contribution in [3.05, 3.63) is 60.2 Å². The molecule has 7 nitrogen and oxygen atoms in total. The highest BCUT2D eigenvalue weighted by molar-refractivity contribution is 6.07. The number of carbonyl (C=O) groups excluding carboxylic acids is 4. The van der Waals surface area contributed by atoms with Crippen molar-refractivity contribution in [2.45, 2.75) is 19.4 Å². The lowest BCUT2D eigenvalue weighted by molar-refractivity contribution is -0.146. The van der Waals surface area contributed by atoms with Gasteiger partial charge in [-0.1, -0.05) is 54.6 Å². The van der Waals surface area contributed by atoms with Crippen LogP contribution in [0.25, 0.3) is 0 Å². The summed E-state index contributed by atoms with van der Waals surface area (Å²) in [5.41, 5.74) is 1.00. The Hall–Kier alpha value is -3.06. The van der Waals surface area contributed by atoms with E-state index < -0.39 is 0 Å². The van der Waals surface area contributed by atoms with Crippen molar-refractivity contribution in [3.63, 3.8) is 0 Å². The van der Waals surface area contributed by atoms with Gasteiger partial charge in [-0.15, -0.1) is 0 Å². The van der Waals surface area contributed by atoms with Crippen LogP contribution in [0.15, 0.2) is 54.6 Å². The topological polar surface area (TPSA) is 78.0 Å². The summed E-state index contributed by atoms with van der Waals surface area (Å²) in [7, 11) is 0. The van der Waals surface area contributed by atoms with E-state index in [1.807, 2.05) is 35.2 Å². The largest absolute Gasteiger partial charge is 0.274 e. The van der Waals surface area contributed by atoms with Gasteiger partial charge >= 0.3 is 0 Å². The molecule has 1 aromatic carbocycles. The molecular formula is C27H27N3O4. The van der Waals surface area contributed by atoms with E-state index in [2.05, 4.69) is 24.3 Å². The maximum absolute atomic E-state index is 13.3. The molecule has 2 saturated heterocycles. The molecule has 7 heteroatoms. The van der Waals surface area contributed by atoms with Gasteiger partial charge in [0.15, 0.2) is 0 Å². The molecule has 4 bridgehead atoms. The van der Waals surface area contributed by atoms with Crippen LogP contribution in [0, 0.1) is 47.3 Å². The molecule has 8 atom stereocenters. The van der Waals surface area contributed by atoms with Gasteiger partial charge in [0.2, 0.25) is 23.6 Å². The Morgan fingerprint density at radius 2 is 1.00 bits per heavy atom. The molecule has 1 aromatic rings. The second-order valence-electron chi connectivity index (χ2n) is 10.8. The highest BCUT2D eigenvalue weighted by Crippen LogP contribution is 2.53. The number of carbonyl (C=O) groups is 4. The zero-order valence-electron chi connectivity index (χ0n) is 18.8. The predicted octanol–water partition coefficient (Wildman–Crippen LogP) is 2.02. The Labute approximate surface area is 198 Å². The zero-order valence-corrected chi connectivity index (χ0v) is 18.8. The van der Waals surface area contributed by atoms with Gasteiger partial charge in [0, 0.05) is 6.54 Å². The smallest absolute Gasteiger partial charge is 0.234 e. The number of amides is 4. The third-order valence-electron chi connectivity index (χ3n) is 9.06. The second kappa shape index (κ2) is 7.22. The first-order valence-electron chi connectivity index (χ1n) is 12.3. The minimum atomic E-state index is -0.253. The van der Waals surface area contributed by atoms with Crippen LogP contribution >= 0.6 is 0 Å². The van der Waals surface area contributed by atoms with Crippen molar-refractivity contribution < 1.29 is 19.2 Å². The summed E-state index contributed by atoms with van der Waals surface area (Å²) >= 11 is 0. The molecule has 0 aromatic heterocycles. The Balaban J connectivity index is 1.14. The fourth-order valence-electron chi connectivity index (χ4n) is 7.59. The van der Waals surface area contributed by atoms with Crippen LogP contribution < -0.4 is 0 Å². The second-order valence-corrected chi connectivity index (χ2v) is 10.8. The van der Waals surface area contributed by atoms with E-state index in [0.717, 1.165) is 18.4 Å². The highest BCUT2D eigenvalue weighted by atomic mass is 16.2. The summed E-state index contributed by atoms with van der Waals surface area (Å²) in [6, 6.07) is 9.77. The van der Waals surface area contributed by atoms with E-state index in [0.29, 0.717) is 6.54 Å². The van der Waals surface area contributed by atoms with Gasteiger partial charge in [0.25, 0.3) is 0 Å². The molecule has 7 rings (SSSR count). The Kier molecular flexibility index (Phi) is 4.31. The van der Waals surface area contributed by atoms with Crippen molar-refractivity contribution in [2.24, 2.45) is 47.3 Å². The third kappa shape index (κ3) is 2.73. The SMILES string of the molecule is O=C1[C@@H]2[C@H](C(=O)N1CN(Cc1ccccc1)CN1C(=O)[C@@H]3[C@H](C1=O)[C@H]1C=C[C@H]3C1)[C@H]1C=C[C@H]2C1. The van der Waals surface area contributed by atoms with Gasteiger partial charge in [-0.3, -0.25) is 33.9 Å². The molecule has 2 heterocycles. The summed E-state index contributed by atoms with van der Waals surface area (Å²) in [4.78, 5) is 57.8. The number of hydrogen-bond donors (Lipinski definition) is 0. The van der Waals surface area contributed by atoms with Crippen LogP contribution in [0.2, 0.25) is 0 Å². The number of rotatable bonds is 6. The van der Waals surface area contributed by atoms with Crippen molar-refractivity contribution in [2.75, 3.05) is 13.3 Å². The minimum absolute atomic E-state index is 0.0938. The van der Waals surface area contributed by atoms with Gasteiger partial charge in [0.05, 0.1) is 37.0 Å². The van der Waals surface area contributed by atoms with Crippen molar-refractivity contribution in [3.8, 4) is 0 Å². The van der Waals surface area contributed by atoms with Gasteiger partial charge in [-0.25, -0.2) is 0 Å². The van der Waals surface area contributed by atoms with E-state index in [1.165, 1.54) is 9.80 Å².